The van der Waals surface area contributed by atoms with Crippen LogP contribution >= 0.6 is 11.8 Å². The number of aromatic nitrogens is 3. The highest BCUT2D eigenvalue weighted by Crippen LogP contribution is 2.36. The number of carbonyl (C=O) groups is 2. The predicted molar refractivity (Wildman–Crippen MR) is 117 cm³/mol. The molecule has 0 bridgehead atoms. The van der Waals surface area contributed by atoms with Crippen LogP contribution in [0.2, 0.25) is 0 Å². The summed E-state index contributed by atoms with van der Waals surface area (Å²) in [5.74, 6) is 2.20. The fourth-order valence-corrected chi connectivity index (χ4v) is 4.44. The maximum Gasteiger partial charge on any atom is 0.262 e. The molecule has 0 fully saturated rings. The van der Waals surface area contributed by atoms with Crippen molar-refractivity contribution in [3.05, 3.63) is 53.9 Å². The van der Waals surface area contributed by atoms with E-state index in [1.54, 1.807) is 18.2 Å². The molecule has 0 unspecified atom stereocenters. The summed E-state index contributed by atoms with van der Waals surface area (Å²) in [7, 11) is 1.84. The number of anilines is 1. The third-order valence-corrected chi connectivity index (χ3v) is 6.35. The molecule has 2 aliphatic heterocycles. The van der Waals surface area contributed by atoms with Crippen LogP contribution in [-0.2, 0) is 11.8 Å². The second-order valence-corrected chi connectivity index (χ2v) is 8.74. The van der Waals surface area contributed by atoms with E-state index in [2.05, 4.69) is 15.5 Å². The molecule has 1 aromatic heterocycles. The van der Waals surface area contributed by atoms with E-state index in [9.17, 15) is 9.59 Å². The quantitative estimate of drug-likeness (QED) is 0.465. The van der Waals surface area contributed by atoms with Gasteiger partial charge in [-0.05, 0) is 37.3 Å². The average molecular weight is 452 g/mol. The topological polar surface area (TPSA) is 105 Å². The molecule has 1 amide bonds. The van der Waals surface area contributed by atoms with E-state index in [0.29, 0.717) is 46.1 Å². The highest BCUT2D eigenvalue weighted by atomic mass is 32.2. The van der Waals surface area contributed by atoms with E-state index < -0.39 is 11.4 Å². The van der Waals surface area contributed by atoms with Gasteiger partial charge in [0.1, 0.15) is 12.4 Å². The molecule has 164 valence electrons. The molecule has 2 aliphatic rings. The number of carbonyl (C=O) groups excluding carboxylic acids is 2. The number of rotatable bonds is 5. The van der Waals surface area contributed by atoms with Crippen LogP contribution in [0.1, 0.15) is 29.2 Å². The Morgan fingerprint density at radius 3 is 2.81 bits per heavy atom. The van der Waals surface area contributed by atoms with E-state index in [-0.39, 0.29) is 18.3 Å². The van der Waals surface area contributed by atoms with Gasteiger partial charge in [0.25, 0.3) is 5.91 Å². The van der Waals surface area contributed by atoms with Gasteiger partial charge in [0.05, 0.1) is 10.9 Å². The van der Waals surface area contributed by atoms with E-state index in [1.807, 2.05) is 42.8 Å². The Morgan fingerprint density at radius 1 is 1.16 bits per heavy atom. The van der Waals surface area contributed by atoms with E-state index >= 15 is 0 Å². The summed E-state index contributed by atoms with van der Waals surface area (Å²) >= 11 is 1.31. The largest absolute Gasteiger partial charge is 0.485 e. The van der Waals surface area contributed by atoms with Crippen molar-refractivity contribution in [3.63, 3.8) is 0 Å². The molecule has 3 heterocycles. The van der Waals surface area contributed by atoms with E-state index in [4.69, 9.17) is 14.2 Å². The lowest BCUT2D eigenvalue weighted by Crippen LogP contribution is -2.26. The summed E-state index contributed by atoms with van der Waals surface area (Å²) in [6, 6.07) is 12.5. The lowest BCUT2D eigenvalue weighted by atomic mass is 10.1. The second kappa shape index (κ2) is 8.19. The molecular weight excluding hydrogens is 432 g/mol. The molecule has 0 spiro atoms. The molecule has 2 aromatic carbocycles. The molecule has 0 aliphatic carbocycles. The highest BCUT2D eigenvalue weighted by molar-refractivity contribution is 8.00. The minimum absolute atomic E-state index is 0.0254. The van der Waals surface area contributed by atoms with Gasteiger partial charge in [0.15, 0.2) is 41.0 Å². The average Bonchev–Trinajstić information content (AvgIpc) is 3.17. The number of Topliss-reactive ketones (excluding diaryl/α,β-unsaturated/α-hetero) is 1. The zero-order valence-electron chi connectivity index (χ0n) is 17.4. The van der Waals surface area contributed by atoms with Gasteiger partial charge in [-0.2, -0.15) is 0 Å². The number of thioether (sulfide) groups is 1. The number of fused-ring (bicyclic) bond motifs is 2. The summed E-state index contributed by atoms with van der Waals surface area (Å²) in [5.41, 5.74) is 0.984. The van der Waals surface area contributed by atoms with Crippen molar-refractivity contribution in [1.29, 1.82) is 0 Å². The number of hydrogen-bond donors (Lipinski definition) is 1. The first kappa shape index (κ1) is 20.4. The van der Waals surface area contributed by atoms with E-state index in [1.165, 1.54) is 11.8 Å². The minimum Gasteiger partial charge on any atom is -0.485 e. The van der Waals surface area contributed by atoms with Crippen LogP contribution in [-0.4, -0.2) is 44.9 Å². The first-order valence-electron chi connectivity index (χ1n) is 10.0. The standard InChI is InChI=1S/C22H20N4O5S/c1-12(20(28)13-7-8-15-14(9-13)23-19(27)11-30-15)32-22-25-24-21(26(22)2)18-10-29-16-5-3-4-6-17(16)31-18/h3-9,12,18H,10-11H2,1-2H3,(H,23,27)/t12-,18-/m0/s1. The van der Waals surface area contributed by atoms with Crippen molar-refractivity contribution in [3.8, 4) is 17.2 Å². The van der Waals surface area contributed by atoms with Gasteiger partial charge < -0.3 is 24.1 Å². The molecular formula is C22H20N4O5S. The lowest BCUT2D eigenvalue weighted by molar-refractivity contribution is -0.118. The van der Waals surface area contributed by atoms with Crippen LogP contribution in [0.3, 0.4) is 0 Å². The smallest absolute Gasteiger partial charge is 0.262 e. The van der Waals surface area contributed by atoms with E-state index in [0.717, 1.165) is 0 Å². The van der Waals surface area contributed by atoms with Crippen LogP contribution in [0.4, 0.5) is 5.69 Å². The van der Waals surface area contributed by atoms with Crippen LogP contribution in [0, 0.1) is 0 Å². The molecule has 1 N–H and O–H groups in total. The third kappa shape index (κ3) is 3.77. The zero-order valence-corrected chi connectivity index (χ0v) is 18.2. The normalized spacial score (nSPS) is 17.7. The zero-order chi connectivity index (χ0) is 22.2. The van der Waals surface area contributed by atoms with Gasteiger partial charge in [0, 0.05) is 12.6 Å². The third-order valence-electron chi connectivity index (χ3n) is 5.21. The molecule has 10 heteroatoms. The second-order valence-electron chi connectivity index (χ2n) is 7.44. The number of ether oxygens (including phenoxy) is 3. The van der Waals surface area contributed by atoms with Crippen molar-refractivity contribution < 1.29 is 23.8 Å². The molecule has 0 saturated carbocycles. The molecule has 2 atom stereocenters. The molecule has 32 heavy (non-hydrogen) atoms. The van der Waals surface area contributed by atoms with Gasteiger partial charge in [-0.15, -0.1) is 10.2 Å². The molecule has 0 saturated heterocycles. The summed E-state index contributed by atoms with van der Waals surface area (Å²) in [6.45, 7) is 2.11. The number of nitrogens with zero attached hydrogens (tertiary/aromatic N) is 3. The maximum absolute atomic E-state index is 13.0. The Kier molecular flexibility index (Phi) is 5.22. The Hall–Kier alpha value is -3.53. The Labute approximate surface area is 188 Å². The lowest BCUT2D eigenvalue weighted by Gasteiger charge is -2.25. The highest BCUT2D eigenvalue weighted by Gasteiger charge is 2.29. The fourth-order valence-electron chi connectivity index (χ4n) is 3.54. The Morgan fingerprint density at radius 2 is 1.97 bits per heavy atom. The number of para-hydroxylation sites is 2. The van der Waals surface area contributed by atoms with Gasteiger partial charge in [0.2, 0.25) is 0 Å². The molecule has 5 rings (SSSR count). The van der Waals surface area contributed by atoms with Crippen molar-refractivity contribution in [1.82, 2.24) is 14.8 Å². The monoisotopic (exact) mass is 452 g/mol. The number of amides is 1. The van der Waals surface area contributed by atoms with Crippen LogP contribution in [0.5, 0.6) is 17.2 Å². The number of nitrogens with one attached hydrogen (secondary N) is 1. The first-order valence-corrected chi connectivity index (χ1v) is 10.9. The Bertz CT molecular complexity index is 1210. The summed E-state index contributed by atoms with van der Waals surface area (Å²) in [5, 5.41) is 11.4. The molecule has 0 radical (unpaired) electrons. The summed E-state index contributed by atoms with van der Waals surface area (Å²) < 4.78 is 19.0. The summed E-state index contributed by atoms with van der Waals surface area (Å²) in [6.07, 6.45) is -0.396. The van der Waals surface area contributed by atoms with Gasteiger partial charge in [-0.3, -0.25) is 9.59 Å². The molecule has 9 nitrogen and oxygen atoms in total. The van der Waals surface area contributed by atoms with Crippen molar-refractivity contribution >= 4 is 29.1 Å². The minimum atomic E-state index is -0.423. The van der Waals surface area contributed by atoms with Gasteiger partial charge in [-0.1, -0.05) is 23.9 Å². The SMILES string of the molecule is C[C@H](Sc1nnc([C@@H]2COc3ccccc3O2)n1C)C(=O)c1ccc2c(c1)NC(=O)CO2. The van der Waals surface area contributed by atoms with Crippen molar-refractivity contribution in [2.45, 2.75) is 23.4 Å². The number of hydrogen-bond acceptors (Lipinski definition) is 8. The van der Waals surface area contributed by atoms with Crippen LogP contribution in [0.15, 0.2) is 47.6 Å². The van der Waals surface area contributed by atoms with Crippen LogP contribution in [0.25, 0.3) is 0 Å². The molecule has 3 aromatic rings. The first-order chi connectivity index (χ1) is 15.5. The maximum atomic E-state index is 13.0. The van der Waals surface area contributed by atoms with Crippen LogP contribution < -0.4 is 19.5 Å². The predicted octanol–water partition coefficient (Wildman–Crippen LogP) is 3.02. The fraction of sp³-hybridized carbons (Fsp3) is 0.273. The van der Waals surface area contributed by atoms with Gasteiger partial charge in [-0.25, -0.2) is 0 Å². The summed E-state index contributed by atoms with van der Waals surface area (Å²) in [4.78, 5) is 24.6. The van der Waals surface area contributed by atoms with Gasteiger partial charge >= 0.3 is 0 Å². The number of ketones is 1. The van der Waals surface area contributed by atoms with Crippen molar-refractivity contribution in [2.75, 3.05) is 18.5 Å². The number of benzene rings is 2. The Balaban J connectivity index is 1.30. The van der Waals surface area contributed by atoms with Crippen molar-refractivity contribution in [2.24, 2.45) is 7.05 Å².